The van der Waals surface area contributed by atoms with E-state index in [0.29, 0.717) is 38.8 Å². The van der Waals surface area contributed by atoms with E-state index < -0.39 is 28.0 Å². The molecule has 0 radical (unpaired) electrons. The average Bonchev–Trinajstić information content (AvgIpc) is 3.11. The van der Waals surface area contributed by atoms with Crippen molar-refractivity contribution in [2.45, 2.75) is 43.5 Å². The van der Waals surface area contributed by atoms with Gasteiger partial charge in [-0.05, 0) is 44.7 Å². The minimum Gasteiger partial charge on any atom is -0.480 e. The number of carbonyl (C=O) groups excluding carboxylic acids is 1. The normalized spacial score (nSPS) is 24.6. The molecule has 1 aromatic rings. The zero-order valence-corrected chi connectivity index (χ0v) is 15.6. The van der Waals surface area contributed by atoms with Gasteiger partial charge in [-0.25, -0.2) is 13.2 Å². The number of likely N-dealkylation sites (tertiary alicyclic amines) is 1. The predicted octanol–water partition coefficient (Wildman–Crippen LogP) is 1.47. The molecule has 0 saturated carbocycles. The highest BCUT2D eigenvalue weighted by Crippen LogP contribution is 2.28. The fraction of sp³-hybridized carbons (Fsp3) is 0.556. The molecular formula is C18H24N2O5S. The highest BCUT2D eigenvalue weighted by molar-refractivity contribution is 7.89. The van der Waals surface area contributed by atoms with Crippen molar-refractivity contribution < 1.29 is 23.1 Å². The zero-order valence-electron chi connectivity index (χ0n) is 14.8. The first-order valence-corrected chi connectivity index (χ1v) is 10.3. The molecule has 3 rings (SSSR count). The maximum Gasteiger partial charge on any atom is 0.326 e. The van der Waals surface area contributed by atoms with Gasteiger partial charge in [0, 0.05) is 19.6 Å². The summed E-state index contributed by atoms with van der Waals surface area (Å²) in [5.74, 6) is -1.71. The van der Waals surface area contributed by atoms with E-state index in [1.165, 1.54) is 9.21 Å². The molecule has 1 amide bonds. The summed E-state index contributed by atoms with van der Waals surface area (Å²) in [6.45, 7) is 2.80. The van der Waals surface area contributed by atoms with Crippen LogP contribution in [-0.2, 0) is 19.6 Å². The van der Waals surface area contributed by atoms with E-state index in [0.717, 1.165) is 5.56 Å². The summed E-state index contributed by atoms with van der Waals surface area (Å²) < 4.78 is 27.1. The fourth-order valence-electron chi connectivity index (χ4n) is 3.74. The van der Waals surface area contributed by atoms with Crippen molar-refractivity contribution >= 4 is 21.9 Å². The Morgan fingerprint density at radius 3 is 2.38 bits per heavy atom. The number of piperidine rings is 1. The fourth-order valence-corrected chi connectivity index (χ4v) is 5.27. The number of hydrogen-bond acceptors (Lipinski definition) is 4. The van der Waals surface area contributed by atoms with Crippen molar-refractivity contribution in [2.75, 3.05) is 19.6 Å². The quantitative estimate of drug-likeness (QED) is 0.854. The van der Waals surface area contributed by atoms with Gasteiger partial charge < -0.3 is 10.0 Å². The lowest BCUT2D eigenvalue weighted by Gasteiger charge is -2.34. The molecule has 7 nitrogen and oxygen atoms in total. The summed E-state index contributed by atoms with van der Waals surface area (Å²) in [5, 5.41) is 9.28. The molecule has 0 aromatic heterocycles. The van der Waals surface area contributed by atoms with Crippen LogP contribution < -0.4 is 0 Å². The molecule has 2 heterocycles. The molecule has 8 heteroatoms. The zero-order chi connectivity index (χ0) is 18.9. The van der Waals surface area contributed by atoms with Crippen molar-refractivity contribution in [3.63, 3.8) is 0 Å². The lowest BCUT2D eigenvalue weighted by Crippen LogP contribution is -2.49. The van der Waals surface area contributed by atoms with Gasteiger partial charge in [-0.1, -0.05) is 17.7 Å². The third-order valence-corrected chi connectivity index (χ3v) is 7.09. The third kappa shape index (κ3) is 3.61. The van der Waals surface area contributed by atoms with E-state index in [2.05, 4.69) is 0 Å². The van der Waals surface area contributed by atoms with Gasteiger partial charge >= 0.3 is 5.97 Å². The molecule has 2 atom stereocenters. The minimum atomic E-state index is -3.65. The Hall–Kier alpha value is -1.93. The lowest BCUT2D eigenvalue weighted by molar-refractivity contribution is -0.150. The summed E-state index contributed by atoms with van der Waals surface area (Å²) in [5.41, 5.74) is 0.976. The van der Waals surface area contributed by atoms with Gasteiger partial charge in [0.25, 0.3) is 0 Å². The Kier molecular flexibility index (Phi) is 5.34. The molecule has 26 heavy (non-hydrogen) atoms. The van der Waals surface area contributed by atoms with Gasteiger partial charge in [-0.3, -0.25) is 4.79 Å². The summed E-state index contributed by atoms with van der Waals surface area (Å²) >= 11 is 0. The van der Waals surface area contributed by atoms with Crippen molar-refractivity contribution in [2.24, 2.45) is 5.92 Å². The van der Waals surface area contributed by atoms with Gasteiger partial charge in [0.1, 0.15) is 6.04 Å². The third-order valence-electron chi connectivity index (χ3n) is 5.21. The molecule has 142 valence electrons. The molecule has 0 spiro atoms. The molecule has 2 aliphatic rings. The van der Waals surface area contributed by atoms with Gasteiger partial charge in [-0.15, -0.1) is 0 Å². The molecule has 2 saturated heterocycles. The van der Waals surface area contributed by atoms with E-state index in [4.69, 9.17) is 0 Å². The maximum absolute atomic E-state index is 12.9. The van der Waals surface area contributed by atoms with E-state index in [1.54, 1.807) is 24.3 Å². The van der Waals surface area contributed by atoms with Crippen LogP contribution in [0.2, 0.25) is 0 Å². The second-order valence-corrected chi connectivity index (χ2v) is 8.98. The Balaban J connectivity index is 1.75. The van der Waals surface area contributed by atoms with Gasteiger partial charge in [-0.2, -0.15) is 4.31 Å². The Labute approximate surface area is 153 Å². The Bertz CT molecular complexity index is 790. The number of hydrogen-bond donors (Lipinski definition) is 1. The largest absolute Gasteiger partial charge is 0.480 e. The minimum absolute atomic E-state index is 0.109. The first-order chi connectivity index (χ1) is 12.3. The number of carboxylic acid groups (broad SMARTS) is 1. The molecule has 2 aliphatic heterocycles. The lowest BCUT2D eigenvalue weighted by atomic mass is 9.97. The van der Waals surface area contributed by atoms with Gasteiger partial charge in [0.2, 0.25) is 15.9 Å². The second kappa shape index (κ2) is 7.36. The Morgan fingerprint density at radius 2 is 1.73 bits per heavy atom. The maximum atomic E-state index is 12.9. The van der Waals surface area contributed by atoms with Crippen LogP contribution in [0.1, 0.15) is 31.2 Å². The number of aliphatic carboxylic acids is 1. The number of benzene rings is 1. The molecule has 1 unspecified atom stereocenters. The molecular weight excluding hydrogens is 356 g/mol. The van der Waals surface area contributed by atoms with Crippen LogP contribution >= 0.6 is 0 Å². The molecule has 1 N–H and O–H groups in total. The monoisotopic (exact) mass is 380 g/mol. The van der Waals surface area contributed by atoms with Crippen LogP contribution in [0.5, 0.6) is 0 Å². The topological polar surface area (TPSA) is 95.0 Å². The van der Waals surface area contributed by atoms with Gasteiger partial charge in [0.15, 0.2) is 0 Å². The van der Waals surface area contributed by atoms with Crippen LogP contribution in [0, 0.1) is 12.8 Å². The van der Waals surface area contributed by atoms with E-state index in [1.807, 2.05) is 6.92 Å². The second-order valence-electron chi connectivity index (χ2n) is 7.04. The molecule has 0 aliphatic carbocycles. The number of sulfonamides is 1. The Morgan fingerprint density at radius 1 is 1.08 bits per heavy atom. The smallest absolute Gasteiger partial charge is 0.326 e. The average molecular weight is 380 g/mol. The van der Waals surface area contributed by atoms with Crippen molar-refractivity contribution in [3.05, 3.63) is 29.8 Å². The number of amides is 1. The summed E-state index contributed by atoms with van der Waals surface area (Å²) in [6, 6.07) is 5.88. The van der Waals surface area contributed by atoms with Crippen LogP contribution in [0.4, 0.5) is 0 Å². The summed E-state index contributed by atoms with van der Waals surface area (Å²) in [4.78, 5) is 25.8. The predicted molar refractivity (Wildman–Crippen MR) is 95.0 cm³/mol. The van der Waals surface area contributed by atoms with E-state index >= 15 is 0 Å². The van der Waals surface area contributed by atoms with Crippen molar-refractivity contribution in [1.29, 1.82) is 0 Å². The number of carboxylic acids is 1. The molecule has 2 fully saturated rings. The highest BCUT2D eigenvalue weighted by atomic mass is 32.2. The van der Waals surface area contributed by atoms with E-state index in [-0.39, 0.29) is 17.3 Å². The van der Waals surface area contributed by atoms with Gasteiger partial charge in [0.05, 0.1) is 10.8 Å². The molecule has 0 bridgehead atoms. The summed E-state index contributed by atoms with van der Waals surface area (Å²) in [7, 11) is -3.65. The van der Waals surface area contributed by atoms with E-state index in [9.17, 15) is 23.1 Å². The van der Waals surface area contributed by atoms with Crippen LogP contribution in [0.25, 0.3) is 0 Å². The SMILES string of the molecule is Cc1ccc(S(=O)(=O)N2CCCC(C(=O)N3CCC[C@H]3C(=O)O)C2)cc1. The number of nitrogens with zero attached hydrogens (tertiary/aromatic N) is 2. The number of carbonyl (C=O) groups is 2. The molecule has 1 aromatic carbocycles. The van der Waals surface area contributed by atoms with Crippen LogP contribution in [-0.4, -0.2) is 60.3 Å². The standard InChI is InChI=1S/C18H24N2O5S/c1-13-6-8-15(9-7-13)26(24,25)19-10-2-4-14(12-19)17(21)20-11-3-5-16(20)18(22)23/h6-9,14,16H,2-5,10-12H2,1H3,(H,22,23)/t14?,16-/m0/s1. The summed E-state index contributed by atoms with van der Waals surface area (Å²) in [6.07, 6.45) is 2.30. The van der Waals surface area contributed by atoms with Crippen LogP contribution in [0.3, 0.4) is 0 Å². The number of rotatable bonds is 4. The first kappa shape index (κ1) is 18.8. The van der Waals surface area contributed by atoms with Crippen molar-refractivity contribution in [1.82, 2.24) is 9.21 Å². The number of aryl methyl sites for hydroxylation is 1. The first-order valence-electron chi connectivity index (χ1n) is 8.91. The highest BCUT2D eigenvalue weighted by Gasteiger charge is 2.40. The van der Waals surface area contributed by atoms with Crippen molar-refractivity contribution in [3.8, 4) is 0 Å². The van der Waals surface area contributed by atoms with Crippen LogP contribution in [0.15, 0.2) is 29.2 Å².